The molecule has 0 unspecified atom stereocenters. The van der Waals surface area contributed by atoms with Gasteiger partial charge in [0, 0.05) is 5.56 Å². The zero-order chi connectivity index (χ0) is 18.7. The molecule has 3 aromatic rings. The molecule has 0 radical (unpaired) electrons. The third kappa shape index (κ3) is 3.95. The van der Waals surface area contributed by atoms with Crippen LogP contribution in [0, 0.1) is 5.82 Å². The van der Waals surface area contributed by atoms with E-state index >= 15 is 0 Å². The molecule has 2 aromatic carbocycles. The van der Waals surface area contributed by atoms with Gasteiger partial charge in [0.1, 0.15) is 11.6 Å². The van der Waals surface area contributed by atoms with Gasteiger partial charge in [-0.15, -0.1) is 0 Å². The second kappa shape index (κ2) is 7.72. The van der Waals surface area contributed by atoms with E-state index < -0.39 is 11.8 Å². The molecular formula is C17H11Cl2FN2O4. The maximum atomic E-state index is 13.5. The van der Waals surface area contributed by atoms with E-state index in [9.17, 15) is 9.18 Å². The highest BCUT2D eigenvalue weighted by atomic mass is 35.5. The Morgan fingerprint density at radius 3 is 2.62 bits per heavy atom. The summed E-state index contributed by atoms with van der Waals surface area (Å²) in [5.41, 5.74) is 0.554. The summed E-state index contributed by atoms with van der Waals surface area (Å²) in [4.78, 5) is 16.2. The first kappa shape index (κ1) is 18.2. The normalized spacial score (nSPS) is 10.6. The molecule has 0 N–H and O–H groups in total. The highest BCUT2D eigenvalue weighted by molar-refractivity contribution is 6.36. The summed E-state index contributed by atoms with van der Waals surface area (Å²) in [6.07, 6.45) is 0. The molecule has 134 valence electrons. The molecule has 6 nitrogen and oxygen atoms in total. The van der Waals surface area contributed by atoms with Gasteiger partial charge in [-0.2, -0.15) is 4.98 Å². The van der Waals surface area contributed by atoms with Crippen molar-refractivity contribution in [1.29, 1.82) is 0 Å². The van der Waals surface area contributed by atoms with Crippen molar-refractivity contribution in [2.24, 2.45) is 0 Å². The Kier molecular flexibility index (Phi) is 5.39. The van der Waals surface area contributed by atoms with Crippen molar-refractivity contribution in [3.63, 3.8) is 0 Å². The Bertz CT molecular complexity index is 944. The van der Waals surface area contributed by atoms with Crippen LogP contribution in [-0.4, -0.2) is 23.2 Å². The van der Waals surface area contributed by atoms with Crippen molar-refractivity contribution in [1.82, 2.24) is 10.1 Å². The summed E-state index contributed by atoms with van der Waals surface area (Å²) < 4.78 is 28.6. The summed E-state index contributed by atoms with van der Waals surface area (Å²) in [6, 6.07) is 9.06. The fourth-order valence-electron chi connectivity index (χ4n) is 2.05. The lowest BCUT2D eigenvalue weighted by molar-refractivity contribution is 0.0429. The molecule has 9 heteroatoms. The third-order valence-corrected chi connectivity index (χ3v) is 3.98. The Balaban J connectivity index is 1.68. The van der Waals surface area contributed by atoms with Crippen LogP contribution in [0.4, 0.5) is 4.39 Å². The summed E-state index contributed by atoms with van der Waals surface area (Å²) in [5, 5.41) is 3.60. The first-order valence-electron chi connectivity index (χ1n) is 7.26. The third-order valence-electron chi connectivity index (χ3n) is 3.37. The number of rotatable bonds is 5. The number of nitrogens with zero attached hydrogens (tertiary/aromatic N) is 2. The van der Waals surface area contributed by atoms with Gasteiger partial charge in [-0.1, -0.05) is 28.4 Å². The SMILES string of the molecule is COc1ccc(-c2noc(COC(=O)c3cc(F)c(Cl)cc3Cl)n2)cc1. The van der Waals surface area contributed by atoms with Gasteiger partial charge in [-0.3, -0.25) is 0 Å². The van der Waals surface area contributed by atoms with Crippen molar-refractivity contribution in [2.45, 2.75) is 6.61 Å². The van der Waals surface area contributed by atoms with Crippen molar-refractivity contribution < 1.29 is 23.2 Å². The number of hydrogen-bond donors (Lipinski definition) is 0. The molecule has 0 fully saturated rings. The summed E-state index contributed by atoms with van der Waals surface area (Å²) in [6.45, 7) is -0.289. The standard InChI is InChI=1S/C17H11Cl2FN2O4/c1-24-10-4-2-9(3-5-10)16-21-15(26-22-16)8-25-17(23)11-6-14(20)13(19)7-12(11)18/h2-7H,8H2,1H3. The average molecular weight is 397 g/mol. The number of carbonyl (C=O) groups is 1. The minimum atomic E-state index is -0.838. The number of benzene rings is 2. The van der Waals surface area contributed by atoms with Gasteiger partial charge in [0.05, 0.1) is 22.7 Å². The van der Waals surface area contributed by atoms with Crippen LogP contribution in [0.3, 0.4) is 0 Å². The molecule has 0 atom stereocenters. The van der Waals surface area contributed by atoms with Crippen LogP contribution in [0.1, 0.15) is 16.2 Å². The topological polar surface area (TPSA) is 74.5 Å². The molecule has 0 saturated carbocycles. The Morgan fingerprint density at radius 1 is 1.19 bits per heavy atom. The van der Waals surface area contributed by atoms with Crippen LogP contribution in [0.25, 0.3) is 11.4 Å². The van der Waals surface area contributed by atoms with Gasteiger partial charge in [0.15, 0.2) is 6.61 Å². The van der Waals surface area contributed by atoms with Gasteiger partial charge in [-0.05, 0) is 36.4 Å². The lowest BCUT2D eigenvalue weighted by Gasteiger charge is -2.05. The Labute approximate surface area is 157 Å². The van der Waals surface area contributed by atoms with Crippen molar-refractivity contribution in [3.8, 4) is 17.1 Å². The van der Waals surface area contributed by atoms with E-state index in [2.05, 4.69) is 10.1 Å². The van der Waals surface area contributed by atoms with Crippen LogP contribution < -0.4 is 4.74 Å². The van der Waals surface area contributed by atoms with Gasteiger partial charge in [0.25, 0.3) is 5.89 Å². The van der Waals surface area contributed by atoms with E-state index in [4.69, 9.17) is 37.2 Å². The van der Waals surface area contributed by atoms with E-state index in [0.717, 1.165) is 12.1 Å². The minimum Gasteiger partial charge on any atom is -0.497 e. The lowest BCUT2D eigenvalue weighted by atomic mass is 10.2. The second-order valence-electron chi connectivity index (χ2n) is 5.06. The number of esters is 1. The van der Waals surface area contributed by atoms with Gasteiger partial charge in [0.2, 0.25) is 5.82 Å². The molecular weight excluding hydrogens is 386 g/mol. The summed E-state index contributed by atoms with van der Waals surface area (Å²) >= 11 is 11.5. The number of aromatic nitrogens is 2. The smallest absolute Gasteiger partial charge is 0.340 e. The second-order valence-corrected chi connectivity index (χ2v) is 5.88. The van der Waals surface area contributed by atoms with Crippen LogP contribution >= 0.6 is 23.2 Å². The van der Waals surface area contributed by atoms with Crippen molar-refractivity contribution >= 4 is 29.2 Å². The quantitative estimate of drug-likeness (QED) is 0.465. The summed E-state index contributed by atoms with van der Waals surface area (Å²) in [5.74, 6) is -0.514. The number of ether oxygens (including phenoxy) is 2. The monoisotopic (exact) mass is 396 g/mol. The van der Waals surface area contributed by atoms with Gasteiger partial charge < -0.3 is 14.0 Å². The predicted octanol–water partition coefficient (Wildman–Crippen LogP) is 4.55. The Morgan fingerprint density at radius 2 is 1.92 bits per heavy atom. The fraction of sp³-hybridized carbons (Fsp3) is 0.118. The maximum absolute atomic E-state index is 13.5. The van der Waals surface area contributed by atoms with Gasteiger partial charge >= 0.3 is 5.97 Å². The maximum Gasteiger partial charge on any atom is 0.340 e. The number of carbonyl (C=O) groups excluding carboxylic acids is 1. The van der Waals surface area contributed by atoms with Crippen LogP contribution in [0.2, 0.25) is 10.0 Å². The fourth-order valence-corrected chi connectivity index (χ4v) is 2.52. The largest absolute Gasteiger partial charge is 0.497 e. The first-order chi connectivity index (χ1) is 12.5. The molecule has 0 amide bonds. The van der Waals surface area contributed by atoms with E-state index in [0.29, 0.717) is 17.1 Å². The molecule has 0 aliphatic rings. The van der Waals surface area contributed by atoms with Crippen molar-refractivity contribution in [3.05, 3.63) is 63.7 Å². The lowest BCUT2D eigenvalue weighted by Crippen LogP contribution is -2.07. The molecule has 0 aliphatic carbocycles. The molecule has 3 rings (SSSR count). The van der Waals surface area contributed by atoms with E-state index in [1.165, 1.54) is 0 Å². The molecule has 0 spiro atoms. The van der Waals surface area contributed by atoms with Crippen molar-refractivity contribution in [2.75, 3.05) is 7.11 Å². The highest BCUT2D eigenvalue weighted by Gasteiger charge is 2.17. The number of hydrogen-bond acceptors (Lipinski definition) is 6. The molecule has 1 aromatic heterocycles. The average Bonchev–Trinajstić information content (AvgIpc) is 3.12. The van der Waals surface area contributed by atoms with Crippen LogP contribution in [0.15, 0.2) is 40.9 Å². The minimum absolute atomic E-state index is 0.0224. The predicted molar refractivity (Wildman–Crippen MR) is 91.8 cm³/mol. The van der Waals surface area contributed by atoms with E-state index in [1.807, 2.05) is 0 Å². The Hall–Kier alpha value is -2.64. The highest BCUT2D eigenvalue weighted by Crippen LogP contribution is 2.25. The zero-order valence-corrected chi connectivity index (χ0v) is 14.8. The molecule has 26 heavy (non-hydrogen) atoms. The van der Waals surface area contributed by atoms with E-state index in [-0.39, 0.29) is 28.1 Å². The molecule has 0 aliphatic heterocycles. The summed E-state index contributed by atoms with van der Waals surface area (Å²) in [7, 11) is 1.56. The van der Waals surface area contributed by atoms with Gasteiger partial charge in [-0.25, -0.2) is 9.18 Å². The van der Waals surface area contributed by atoms with Crippen LogP contribution in [0.5, 0.6) is 5.75 Å². The molecule has 1 heterocycles. The van der Waals surface area contributed by atoms with E-state index in [1.54, 1.807) is 31.4 Å². The zero-order valence-electron chi connectivity index (χ0n) is 13.3. The number of methoxy groups -OCH3 is 1. The molecule has 0 bridgehead atoms. The molecule has 0 saturated heterocycles. The number of halogens is 3. The van der Waals surface area contributed by atoms with Crippen LogP contribution in [-0.2, 0) is 11.3 Å². The first-order valence-corrected chi connectivity index (χ1v) is 8.02.